The molecule has 1 heterocycles. The second-order valence-corrected chi connectivity index (χ2v) is 6.73. The van der Waals surface area contributed by atoms with Gasteiger partial charge in [-0.1, -0.05) is 37.5 Å². The molecule has 0 bridgehead atoms. The Morgan fingerprint density at radius 1 is 0.960 bits per heavy atom. The van der Waals surface area contributed by atoms with Gasteiger partial charge in [0, 0.05) is 11.3 Å². The highest BCUT2D eigenvalue weighted by molar-refractivity contribution is 5.55. The zero-order valence-electron chi connectivity index (χ0n) is 16.3. The van der Waals surface area contributed by atoms with Crippen LogP contribution in [0.5, 0.6) is 11.6 Å². The van der Waals surface area contributed by atoms with Crippen molar-refractivity contribution in [1.29, 1.82) is 0 Å². The Balaban J connectivity index is 2.19. The molecule has 2 aromatic rings. The Morgan fingerprint density at radius 2 is 1.64 bits per heavy atom. The Kier molecular flexibility index (Phi) is 6.82. The second kappa shape index (κ2) is 8.86. The van der Waals surface area contributed by atoms with E-state index in [1.165, 1.54) is 18.4 Å². The molecule has 0 unspecified atom stereocenters. The van der Waals surface area contributed by atoms with Crippen molar-refractivity contribution in [2.75, 3.05) is 12.1 Å². The first-order chi connectivity index (χ1) is 11.9. The van der Waals surface area contributed by atoms with E-state index in [0.717, 1.165) is 40.2 Å². The molecule has 0 aliphatic rings. The summed E-state index contributed by atoms with van der Waals surface area (Å²) in [7, 11) is 0. The maximum atomic E-state index is 6.19. The van der Waals surface area contributed by atoms with Crippen LogP contribution in [0.4, 0.5) is 5.69 Å². The molecule has 4 heteroatoms. The highest BCUT2D eigenvalue weighted by Crippen LogP contribution is 2.33. The van der Waals surface area contributed by atoms with Crippen molar-refractivity contribution in [3.63, 3.8) is 0 Å². The number of aryl methyl sites for hydroxylation is 4. The molecule has 0 aliphatic heterocycles. The van der Waals surface area contributed by atoms with Gasteiger partial charge in [-0.3, -0.25) is 10.3 Å². The van der Waals surface area contributed by atoms with Crippen LogP contribution >= 0.6 is 0 Å². The van der Waals surface area contributed by atoms with Gasteiger partial charge < -0.3 is 4.74 Å². The minimum atomic E-state index is 0.620. The fourth-order valence-corrected chi connectivity index (χ4v) is 2.89. The minimum Gasteiger partial charge on any atom is -0.438 e. The van der Waals surface area contributed by atoms with Gasteiger partial charge in [-0.25, -0.2) is 4.98 Å². The summed E-state index contributed by atoms with van der Waals surface area (Å²) < 4.78 is 6.19. The number of ether oxygens (including phenoxy) is 1. The number of aromatic nitrogens is 1. The first kappa shape index (κ1) is 19.3. The average Bonchev–Trinajstić information content (AvgIpc) is 2.54. The lowest BCUT2D eigenvalue weighted by Crippen LogP contribution is -2.06. The maximum Gasteiger partial charge on any atom is 0.224 e. The summed E-state index contributed by atoms with van der Waals surface area (Å²) in [5, 5.41) is 0. The summed E-state index contributed by atoms with van der Waals surface area (Å²) in [5.41, 5.74) is 9.27. The second-order valence-electron chi connectivity index (χ2n) is 6.73. The summed E-state index contributed by atoms with van der Waals surface area (Å²) >= 11 is 0. The molecule has 0 fully saturated rings. The zero-order valence-corrected chi connectivity index (χ0v) is 16.3. The molecule has 0 spiro atoms. The van der Waals surface area contributed by atoms with Crippen LogP contribution in [0.1, 0.15) is 54.1 Å². The third-order valence-electron chi connectivity index (χ3n) is 4.19. The summed E-state index contributed by atoms with van der Waals surface area (Å²) in [4.78, 5) is 10.2. The number of rotatable bonds is 8. The predicted molar refractivity (Wildman–Crippen MR) is 104 cm³/mol. The van der Waals surface area contributed by atoms with Crippen molar-refractivity contribution in [3.05, 3.63) is 46.1 Å². The highest BCUT2D eigenvalue weighted by Gasteiger charge is 2.13. The number of nitrogens with zero attached hydrogens (tertiary/aromatic N) is 1. The number of nitrogens with one attached hydrogen (secondary N) is 1. The molecule has 25 heavy (non-hydrogen) atoms. The number of anilines is 1. The normalized spacial score (nSPS) is 10.8. The van der Waals surface area contributed by atoms with Gasteiger partial charge in [0.05, 0.1) is 12.3 Å². The molecule has 1 aromatic carbocycles. The number of hydrogen-bond acceptors (Lipinski definition) is 4. The van der Waals surface area contributed by atoms with Crippen molar-refractivity contribution >= 4 is 5.69 Å². The molecule has 0 atom stereocenters. The van der Waals surface area contributed by atoms with Crippen LogP contribution in [-0.4, -0.2) is 11.6 Å². The van der Waals surface area contributed by atoms with Gasteiger partial charge in [0.25, 0.3) is 0 Å². The quantitative estimate of drug-likeness (QED) is 0.475. The molecule has 2 rings (SSSR count). The SMILES string of the molecule is CCCCCONc1cc(C)nc(Oc2c(C)cc(C)cc2C)c1C. The van der Waals surface area contributed by atoms with Gasteiger partial charge in [0.1, 0.15) is 5.75 Å². The number of hydrogen-bond donors (Lipinski definition) is 1. The lowest BCUT2D eigenvalue weighted by Gasteiger charge is -2.17. The number of unbranched alkanes of at least 4 members (excludes halogenated alkanes) is 2. The molecule has 0 saturated heterocycles. The smallest absolute Gasteiger partial charge is 0.224 e. The summed E-state index contributed by atoms with van der Waals surface area (Å²) in [6.45, 7) is 13.1. The molecular weight excluding hydrogens is 312 g/mol. The van der Waals surface area contributed by atoms with E-state index in [9.17, 15) is 0 Å². The van der Waals surface area contributed by atoms with Crippen LogP contribution in [0, 0.1) is 34.6 Å². The molecule has 4 nitrogen and oxygen atoms in total. The van der Waals surface area contributed by atoms with Gasteiger partial charge in [0.15, 0.2) is 0 Å². The number of benzene rings is 1. The maximum absolute atomic E-state index is 6.19. The molecule has 1 N–H and O–H groups in total. The summed E-state index contributed by atoms with van der Waals surface area (Å²) in [6.07, 6.45) is 3.41. The molecule has 136 valence electrons. The largest absolute Gasteiger partial charge is 0.438 e. The van der Waals surface area contributed by atoms with Crippen molar-refractivity contribution in [1.82, 2.24) is 4.98 Å². The monoisotopic (exact) mass is 342 g/mol. The van der Waals surface area contributed by atoms with Gasteiger partial charge >= 0.3 is 0 Å². The van der Waals surface area contributed by atoms with E-state index in [-0.39, 0.29) is 0 Å². The Labute approximate surface area is 151 Å². The standard InChI is InChI=1S/C21H30N2O2/c1-7-8-9-10-24-23-19-13-17(5)22-21(18(19)6)25-20-15(3)11-14(2)12-16(20)4/h11-13H,7-10H2,1-6H3,(H,22,23). The van der Waals surface area contributed by atoms with E-state index in [1.807, 2.05) is 19.9 Å². The van der Waals surface area contributed by atoms with E-state index in [2.05, 4.69) is 50.3 Å². The van der Waals surface area contributed by atoms with Crippen molar-refractivity contribution in [3.8, 4) is 11.6 Å². The third kappa shape index (κ3) is 5.20. The first-order valence-corrected chi connectivity index (χ1v) is 9.04. The molecule has 0 aliphatic carbocycles. The van der Waals surface area contributed by atoms with Crippen LogP contribution in [0.25, 0.3) is 0 Å². The first-order valence-electron chi connectivity index (χ1n) is 9.04. The highest BCUT2D eigenvalue weighted by atomic mass is 16.6. The molecule has 0 saturated carbocycles. The topological polar surface area (TPSA) is 43.4 Å². The molecular formula is C21H30N2O2. The van der Waals surface area contributed by atoms with Crippen molar-refractivity contribution in [2.24, 2.45) is 0 Å². The summed E-state index contributed by atoms with van der Waals surface area (Å²) in [6, 6.07) is 6.24. The number of pyridine rings is 1. The van der Waals surface area contributed by atoms with Crippen molar-refractivity contribution < 1.29 is 9.57 Å². The van der Waals surface area contributed by atoms with Crippen LogP contribution in [0.15, 0.2) is 18.2 Å². The molecule has 0 radical (unpaired) electrons. The van der Waals surface area contributed by atoms with Gasteiger partial charge in [0.2, 0.25) is 5.88 Å². The van der Waals surface area contributed by atoms with E-state index < -0.39 is 0 Å². The summed E-state index contributed by atoms with van der Waals surface area (Å²) in [5.74, 6) is 1.50. The van der Waals surface area contributed by atoms with Crippen molar-refractivity contribution in [2.45, 2.75) is 60.8 Å². The van der Waals surface area contributed by atoms with Crippen LogP contribution in [-0.2, 0) is 4.84 Å². The van der Waals surface area contributed by atoms with E-state index >= 15 is 0 Å². The van der Waals surface area contributed by atoms with E-state index in [0.29, 0.717) is 12.5 Å². The van der Waals surface area contributed by atoms with Gasteiger partial charge in [-0.2, -0.15) is 0 Å². The van der Waals surface area contributed by atoms with E-state index in [4.69, 9.17) is 9.57 Å². The lowest BCUT2D eigenvalue weighted by molar-refractivity contribution is 0.187. The van der Waals surface area contributed by atoms with E-state index in [1.54, 1.807) is 0 Å². The Bertz CT molecular complexity index is 703. The average molecular weight is 342 g/mol. The van der Waals surface area contributed by atoms with Crippen LogP contribution in [0.3, 0.4) is 0 Å². The van der Waals surface area contributed by atoms with Gasteiger partial charge in [-0.05, 0) is 58.2 Å². The fourth-order valence-electron chi connectivity index (χ4n) is 2.89. The fraction of sp³-hybridized carbons (Fsp3) is 0.476. The molecule has 1 aromatic heterocycles. The third-order valence-corrected chi connectivity index (χ3v) is 4.19. The molecule has 0 amide bonds. The Morgan fingerprint density at radius 3 is 2.28 bits per heavy atom. The zero-order chi connectivity index (χ0) is 18.4. The predicted octanol–water partition coefficient (Wildman–Crippen LogP) is 5.95. The van der Waals surface area contributed by atoms with Gasteiger partial charge in [-0.15, -0.1) is 0 Å². The minimum absolute atomic E-state index is 0.620. The lowest BCUT2D eigenvalue weighted by atomic mass is 10.1. The Hall–Kier alpha value is -2.07. The van der Waals surface area contributed by atoms with Crippen LogP contribution < -0.4 is 10.2 Å². The van der Waals surface area contributed by atoms with Crippen LogP contribution in [0.2, 0.25) is 0 Å².